The SMILES string of the molecule is CCN(CC(=O)N(C)C)CC(O)COc1ccc(N)cc1. The lowest BCUT2D eigenvalue weighted by atomic mass is 10.3. The number of rotatable bonds is 8. The Hall–Kier alpha value is -1.79. The van der Waals surface area contributed by atoms with E-state index in [0.717, 1.165) is 0 Å². The summed E-state index contributed by atoms with van der Waals surface area (Å²) in [6.45, 7) is 3.51. The van der Waals surface area contributed by atoms with Crippen LogP contribution in [0.4, 0.5) is 5.69 Å². The Morgan fingerprint density at radius 3 is 2.48 bits per heavy atom. The average molecular weight is 295 g/mol. The molecule has 1 atom stereocenters. The number of ether oxygens (including phenoxy) is 1. The Kier molecular flexibility index (Phi) is 6.98. The van der Waals surface area contributed by atoms with Gasteiger partial charge in [0.05, 0.1) is 6.54 Å². The molecule has 0 aliphatic heterocycles. The second-order valence-electron chi connectivity index (χ2n) is 5.15. The van der Waals surface area contributed by atoms with Crippen LogP contribution in [0.15, 0.2) is 24.3 Å². The number of aliphatic hydroxyl groups is 1. The summed E-state index contributed by atoms with van der Waals surface area (Å²) in [6, 6.07) is 7.01. The van der Waals surface area contributed by atoms with Gasteiger partial charge in [-0.1, -0.05) is 6.92 Å². The highest BCUT2D eigenvalue weighted by Crippen LogP contribution is 2.13. The van der Waals surface area contributed by atoms with Crippen LogP contribution in [0.2, 0.25) is 0 Å². The molecule has 118 valence electrons. The minimum Gasteiger partial charge on any atom is -0.491 e. The number of carbonyl (C=O) groups is 1. The quantitative estimate of drug-likeness (QED) is 0.680. The standard InChI is InChI=1S/C15H25N3O3/c1-4-18(10-15(20)17(2)3)9-13(19)11-21-14-7-5-12(16)6-8-14/h5-8,13,19H,4,9-11,16H2,1-3H3. The molecule has 1 rings (SSSR count). The molecule has 1 aromatic rings. The summed E-state index contributed by atoms with van der Waals surface area (Å²) >= 11 is 0. The van der Waals surface area contributed by atoms with Gasteiger partial charge in [0.15, 0.2) is 0 Å². The maximum atomic E-state index is 11.7. The molecular formula is C15H25N3O3. The van der Waals surface area contributed by atoms with Gasteiger partial charge in [0, 0.05) is 26.3 Å². The number of carbonyl (C=O) groups excluding carboxylic acids is 1. The summed E-state index contributed by atoms with van der Waals surface area (Å²) in [5.74, 6) is 0.680. The monoisotopic (exact) mass is 295 g/mol. The molecule has 0 heterocycles. The van der Waals surface area contributed by atoms with Gasteiger partial charge in [-0.15, -0.1) is 0 Å². The van der Waals surface area contributed by atoms with Crippen LogP contribution in [0, 0.1) is 0 Å². The van der Waals surface area contributed by atoms with Crippen molar-refractivity contribution in [2.24, 2.45) is 0 Å². The smallest absolute Gasteiger partial charge is 0.236 e. The van der Waals surface area contributed by atoms with E-state index in [1.165, 1.54) is 0 Å². The molecule has 0 aliphatic rings. The van der Waals surface area contributed by atoms with E-state index in [0.29, 0.717) is 31.1 Å². The van der Waals surface area contributed by atoms with Gasteiger partial charge in [-0.05, 0) is 30.8 Å². The first-order valence-electron chi connectivity index (χ1n) is 7.01. The number of aliphatic hydroxyl groups excluding tert-OH is 1. The van der Waals surface area contributed by atoms with Crippen molar-refractivity contribution >= 4 is 11.6 Å². The predicted molar refractivity (Wildman–Crippen MR) is 83.2 cm³/mol. The fraction of sp³-hybridized carbons (Fsp3) is 0.533. The van der Waals surface area contributed by atoms with Crippen LogP contribution in [0.5, 0.6) is 5.75 Å². The number of hydrogen-bond acceptors (Lipinski definition) is 5. The first-order valence-corrected chi connectivity index (χ1v) is 7.01. The van der Waals surface area contributed by atoms with Crippen LogP contribution >= 0.6 is 0 Å². The molecule has 1 aromatic carbocycles. The van der Waals surface area contributed by atoms with E-state index in [2.05, 4.69) is 0 Å². The van der Waals surface area contributed by atoms with E-state index in [-0.39, 0.29) is 12.5 Å². The highest BCUT2D eigenvalue weighted by Gasteiger charge is 2.15. The van der Waals surface area contributed by atoms with Crippen LogP contribution in [0.25, 0.3) is 0 Å². The number of benzene rings is 1. The first kappa shape index (κ1) is 17.3. The summed E-state index contributed by atoms with van der Waals surface area (Å²) in [6.07, 6.45) is -0.655. The second-order valence-corrected chi connectivity index (χ2v) is 5.15. The van der Waals surface area contributed by atoms with Crippen LogP contribution in [0.1, 0.15) is 6.92 Å². The van der Waals surface area contributed by atoms with Crippen LogP contribution in [0.3, 0.4) is 0 Å². The third-order valence-corrected chi connectivity index (χ3v) is 3.10. The molecule has 0 radical (unpaired) electrons. The van der Waals surface area contributed by atoms with E-state index in [1.807, 2.05) is 11.8 Å². The zero-order chi connectivity index (χ0) is 15.8. The van der Waals surface area contributed by atoms with E-state index in [4.69, 9.17) is 10.5 Å². The average Bonchev–Trinajstić information content (AvgIpc) is 2.45. The Morgan fingerprint density at radius 2 is 1.95 bits per heavy atom. The molecule has 0 aliphatic carbocycles. The van der Waals surface area contributed by atoms with Gasteiger partial charge < -0.3 is 20.5 Å². The summed E-state index contributed by atoms with van der Waals surface area (Å²) in [4.78, 5) is 15.1. The van der Waals surface area contributed by atoms with E-state index in [9.17, 15) is 9.90 Å². The van der Waals surface area contributed by atoms with Crippen LogP contribution < -0.4 is 10.5 Å². The normalized spacial score (nSPS) is 12.2. The van der Waals surface area contributed by atoms with E-state index >= 15 is 0 Å². The molecule has 6 nitrogen and oxygen atoms in total. The first-order chi connectivity index (χ1) is 9.92. The number of nitrogens with two attached hydrogens (primary N) is 1. The topological polar surface area (TPSA) is 79.0 Å². The Balaban J connectivity index is 2.38. The largest absolute Gasteiger partial charge is 0.491 e. The zero-order valence-electron chi connectivity index (χ0n) is 13.0. The minimum absolute atomic E-state index is 0.0171. The van der Waals surface area contributed by atoms with Crippen molar-refractivity contribution in [1.82, 2.24) is 9.80 Å². The number of amides is 1. The van der Waals surface area contributed by atoms with Gasteiger partial charge in [-0.25, -0.2) is 0 Å². The molecule has 3 N–H and O–H groups in total. The maximum Gasteiger partial charge on any atom is 0.236 e. The lowest BCUT2D eigenvalue weighted by molar-refractivity contribution is -0.130. The predicted octanol–water partition coefficient (Wildman–Crippen LogP) is 0.419. The summed E-state index contributed by atoms with van der Waals surface area (Å²) in [5, 5.41) is 10.0. The van der Waals surface area contributed by atoms with Gasteiger partial charge in [0.1, 0.15) is 18.5 Å². The molecule has 1 amide bonds. The van der Waals surface area contributed by atoms with Crippen LogP contribution in [-0.2, 0) is 4.79 Å². The molecule has 21 heavy (non-hydrogen) atoms. The zero-order valence-corrected chi connectivity index (χ0v) is 13.0. The van der Waals surface area contributed by atoms with Gasteiger partial charge in [-0.2, -0.15) is 0 Å². The molecular weight excluding hydrogens is 270 g/mol. The Labute approximate surface area is 126 Å². The molecule has 0 spiro atoms. The fourth-order valence-electron chi connectivity index (χ4n) is 1.75. The van der Waals surface area contributed by atoms with E-state index < -0.39 is 6.10 Å². The number of nitrogen functional groups attached to an aromatic ring is 1. The van der Waals surface area contributed by atoms with Gasteiger partial charge in [-0.3, -0.25) is 9.69 Å². The molecule has 0 fully saturated rings. The Bertz CT molecular complexity index is 434. The lowest BCUT2D eigenvalue weighted by Crippen LogP contribution is -2.41. The van der Waals surface area contributed by atoms with Crippen molar-refractivity contribution in [2.75, 3.05) is 46.1 Å². The molecule has 6 heteroatoms. The number of nitrogens with zero attached hydrogens (tertiary/aromatic N) is 2. The third-order valence-electron chi connectivity index (χ3n) is 3.10. The molecule has 0 bridgehead atoms. The number of hydrogen-bond donors (Lipinski definition) is 2. The molecule has 0 saturated carbocycles. The van der Waals surface area contributed by atoms with Crippen LogP contribution in [-0.4, -0.2) is 67.3 Å². The van der Waals surface area contributed by atoms with Crippen molar-refractivity contribution in [1.29, 1.82) is 0 Å². The maximum absolute atomic E-state index is 11.7. The fourth-order valence-corrected chi connectivity index (χ4v) is 1.75. The highest BCUT2D eigenvalue weighted by molar-refractivity contribution is 5.77. The van der Waals surface area contributed by atoms with Crippen molar-refractivity contribution in [3.63, 3.8) is 0 Å². The molecule has 0 aromatic heterocycles. The van der Waals surface area contributed by atoms with Crippen molar-refractivity contribution in [3.8, 4) is 5.75 Å². The lowest BCUT2D eigenvalue weighted by Gasteiger charge is -2.24. The van der Waals surface area contributed by atoms with E-state index in [1.54, 1.807) is 43.3 Å². The van der Waals surface area contributed by atoms with Crippen molar-refractivity contribution < 1.29 is 14.6 Å². The summed E-state index contributed by atoms with van der Waals surface area (Å²) < 4.78 is 5.49. The van der Waals surface area contributed by atoms with Crippen molar-refractivity contribution in [2.45, 2.75) is 13.0 Å². The Morgan fingerprint density at radius 1 is 1.33 bits per heavy atom. The molecule has 1 unspecified atom stereocenters. The van der Waals surface area contributed by atoms with Gasteiger partial charge >= 0.3 is 0 Å². The number of anilines is 1. The highest BCUT2D eigenvalue weighted by atomic mass is 16.5. The third kappa shape index (κ3) is 6.46. The summed E-state index contributed by atoms with van der Waals surface area (Å²) in [7, 11) is 3.44. The second kappa shape index (κ2) is 8.49. The molecule has 0 saturated heterocycles. The number of likely N-dealkylation sites (N-methyl/N-ethyl adjacent to an activating group) is 2. The van der Waals surface area contributed by atoms with Gasteiger partial charge in [0.25, 0.3) is 0 Å². The minimum atomic E-state index is -0.655. The van der Waals surface area contributed by atoms with Crippen molar-refractivity contribution in [3.05, 3.63) is 24.3 Å². The van der Waals surface area contributed by atoms with Gasteiger partial charge in [0.2, 0.25) is 5.91 Å². The summed E-state index contributed by atoms with van der Waals surface area (Å²) in [5.41, 5.74) is 6.26.